The Morgan fingerprint density at radius 3 is 2.41 bits per heavy atom. The number of carbonyl (C=O) groups is 2. The molecule has 2 N–H and O–H groups in total. The highest BCUT2D eigenvalue weighted by molar-refractivity contribution is 5.82. The summed E-state index contributed by atoms with van der Waals surface area (Å²) in [6.07, 6.45) is 2.81. The van der Waals surface area contributed by atoms with Crippen LogP contribution >= 0.6 is 0 Å². The van der Waals surface area contributed by atoms with E-state index in [1.54, 1.807) is 11.8 Å². The number of hydrogen-bond donors (Lipinski definition) is 2. The lowest BCUT2D eigenvalue weighted by Crippen LogP contribution is -2.47. The maximum absolute atomic E-state index is 11.8. The van der Waals surface area contributed by atoms with Crippen molar-refractivity contribution in [2.75, 3.05) is 19.6 Å². The molecular weight excluding hydrogens is 220 g/mol. The van der Waals surface area contributed by atoms with Crippen molar-refractivity contribution in [3.05, 3.63) is 0 Å². The second-order valence-corrected chi connectivity index (χ2v) is 4.18. The molecule has 17 heavy (non-hydrogen) atoms. The molecule has 0 heterocycles. The van der Waals surface area contributed by atoms with E-state index in [1.165, 1.54) is 0 Å². The van der Waals surface area contributed by atoms with Crippen molar-refractivity contribution in [3.63, 3.8) is 0 Å². The zero-order chi connectivity index (χ0) is 13.3. The van der Waals surface area contributed by atoms with E-state index in [2.05, 4.69) is 12.2 Å². The number of aliphatic carboxylic acids is 1. The van der Waals surface area contributed by atoms with Crippen molar-refractivity contribution in [3.8, 4) is 0 Å². The summed E-state index contributed by atoms with van der Waals surface area (Å²) in [6, 6.07) is -0.386. The first-order valence-corrected chi connectivity index (χ1v) is 6.26. The van der Waals surface area contributed by atoms with Gasteiger partial charge in [0.15, 0.2) is 0 Å². The lowest BCUT2D eigenvalue weighted by atomic mass is 10.2. The third-order valence-electron chi connectivity index (χ3n) is 2.61. The number of carboxylic acid groups (broad SMARTS) is 1. The molecule has 5 heteroatoms. The Morgan fingerprint density at radius 2 is 1.94 bits per heavy atom. The Balaban J connectivity index is 4.22. The van der Waals surface area contributed by atoms with Gasteiger partial charge in [-0.1, -0.05) is 20.3 Å². The van der Waals surface area contributed by atoms with Gasteiger partial charge in [-0.25, -0.2) is 0 Å². The molecule has 1 unspecified atom stereocenters. The van der Waals surface area contributed by atoms with Gasteiger partial charge in [-0.2, -0.15) is 0 Å². The third-order valence-corrected chi connectivity index (χ3v) is 2.61. The molecular formula is C12H24N2O3. The van der Waals surface area contributed by atoms with E-state index in [1.807, 2.05) is 6.92 Å². The maximum atomic E-state index is 11.8. The summed E-state index contributed by atoms with van der Waals surface area (Å²) >= 11 is 0. The summed E-state index contributed by atoms with van der Waals surface area (Å²) in [5.41, 5.74) is 0. The summed E-state index contributed by atoms with van der Waals surface area (Å²) in [5, 5.41) is 11.6. The highest BCUT2D eigenvalue weighted by Crippen LogP contribution is 2.01. The molecule has 100 valence electrons. The van der Waals surface area contributed by atoms with Crippen LogP contribution in [0.1, 0.15) is 40.0 Å². The van der Waals surface area contributed by atoms with Crippen LogP contribution in [-0.4, -0.2) is 47.6 Å². The van der Waals surface area contributed by atoms with E-state index in [0.717, 1.165) is 19.3 Å². The second-order valence-electron chi connectivity index (χ2n) is 4.18. The van der Waals surface area contributed by atoms with Gasteiger partial charge in [0, 0.05) is 6.54 Å². The Morgan fingerprint density at radius 1 is 1.29 bits per heavy atom. The maximum Gasteiger partial charge on any atom is 0.317 e. The summed E-state index contributed by atoms with van der Waals surface area (Å²) < 4.78 is 0. The summed E-state index contributed by atoms with van der Waals surface area (Å²) in [7, 11) is 0. The van der Waals surface area contributed by atoms with Gasteiger partial charge < -0.3 is 10.4 Å². The molecule has 0 bridgehead atoms. The smallest absolute Gasteiger partial charge is 0.317 e. The van der Waals surface area contributed by atoms with E-state index in [9.17, 15) is 9.59 Å². The van der Waals surface area contributed by atoms with Crippen LogP contribution in [0.5, 0.6) is 0 Å². The first-order valence-electron chi connectivity index (χ1n) is 6.26. The molecule has 0 aliphatic carbocycles. The molecule has 0 saturated carbocycles. The van der Waals surface area contributed by atoms with E-state index >= 15 is 0 Å². The fourth-order valence-corrected chi connectivity index (χ4v) is 1.57. The number of unbranched alkanes of at least 4 members (excludes halogenated alkanes) is 1. The predicted octanol–water partition coefficient (Wildman–Crippen LogP) is 1.09. The highest BCUT2D eigenvalue weighted by atomic mass is 16.4. The molecule has 0 aromatic rings. The fourth-order valence-electron chi connectivity index (χ4n) is 1.57. The number of hydrogen-bond acceptors (Lipinski definition) is 3. The number of carboxylic acids is 1. The third kappa shape index (κ3) is 6.94. The van der Waals surface area contributed by atoms with Gasteiger partial charge in [-0.3, -0.25) is 14.5 Å². The minimum Gasteiger partial charge on any atom is -0.480 e. The highest BCUT2D eigenvalue weighted by Gasteiger charge is 2.21. The molecule has 0 rings (SSSR count). The standard InChI is InChI=1S/C12H24N2O3/c1-4-6-7-13-12(17)10(3)14(8-5-2)9-11(15)16/h10H,4-9H2,1-3H3,(H,13,17)(H,15,16). The van der Waals surface area contributed by atoms with Crippen molar-refractivity contribution in [2.45, 2.75) is 46.1 Å². The molecule has 0 spiro atoms. The van der Waals surface area contributed by atoms with E-state index in [-0.39, 0.29) is 18.5 Å². The number of nitrogens with zero attached hydrogens (tertiary/aromatic N) is 1. The Bertz CT molecular complexity index is 244. The van der Waals surface area contributed by atoms with Gasteiger partial charge in [0.2, 0.25) is 5.91 Å². The van der Waals surface area contributed by atoms with Crippen LogP contribution in [0.15, 0.2) is 0 Å². The molecule has 0 aliphatic rings. The van der Waals surface area contributed by atoms with Crippen LogP contribution in [0, 0.1) is 0 Å². The van der Waals surface area contributed by atoms with E-state index < -0.39 is 5.97 Å². The van der Waals surface area contributed by atoms with Crippen molar-refractivity contribution in [2.24, 2.45) is 0 Å². The minimum atomic E-state index is -0.897. The monoisotopic (exact) mass is 244 g/mol. The number of nitrogens with one attached hydrogen (secondary N) is 1. The summed E-state index contributed by atoms with van der Waals surface area (Å²) in [5.74, 6) is -0.986. The SMILES string of the molecule is CCCCNC(=O)C(C)N(CCC)CC(=O)O. The molecule has 0 saturated heterocycles. The predicted molar refractivity (Wildman–Crippen MR) is 66.9 cm³/mol. The molecule has 0 radical (unpaired) electrons. The van der Waals surface area contributed by atoms with E-state index in [4.69, 9.17) is 5.11 Å². The van der Waals surface area contributed by atoms with Gasteiger partial charge in [-0.05, 0) is 26.3 Å². The van der Waals surface area contributed by atoms with Gasteiger partial charge >= 0.3 is 5.97 Å². The zero-order valence-corrected chi connectivity index (χ0v) is 11.0. The van der Waals surface area contributed by atoms with Gasteiger partial charge in [-0.15, -0.1) is 0 Å². The number of carbonyl (C=O) groups excluding carboxylic acids is 1. The minimum absolute atomic E-state index is 0.0871. The lowest BCUT2D eigenvalue weighted by molar-refractivity contribution is -0.139. The lowest BCUT2D eigenvalue weighted by Gasteiger charge is -2.26. The molecule has 0 aromatic carbocycles. The van der Waals surface area contributed by atoms with E-state index in [0.29, 0.717) is 13.1 Å². The first-order chi connectivity index (χ1) is 8.02. The summed E-state index contributed by atoms with van der Waals surface area (Å²) in [4.78, 5) is 24.2. The Kier molecular flexibility index (Phi) is 8.40. The molecule has 1 atom stereocenters. The normalized spacial score (nSPS) is 12.5. The average molecular weight is 244 g/mol. The number of amides is 1. The Hall–Kier alpha value is -1.10. The molecule has 0 aromatic heterocycles. The van der Waals surface area contributed by atoms with Gasteiger partial charge in [0.05, 0.1) is 12.6 Å². The molecule has 5 nitrogen and oxygen atoms in total. The molecule has 1 amide bonds. The zero-order valence-electron chi connectivity index (χ0n) is 11.0. The van der Waals surface area contributed by atoms with Crippen LogP contribution in [0.4, 0.5) is 0 Å². The topological polar surface area (TPSA) is 69.6 Å². The van der Waals surface area contributed by atoms with Crippen molar-refractivity contribution in [1.29, 1.82) is 0 Å². The summed E-state index contributed by atoms with van der Waals surface area (Å²) in [6.45, 7) is 6.97. The largest absolute Gasteiger partial charge is 0.480 e. The fraction of sp³-hybridized carbons (Fsp3) is 0.833. The molecule has 0 fully saturated rings. The quantitative estimate of drug-likeness (QED) is 0.596. The van der Waals surface area contributed by atoms with Crippen LogP contribution in [0.2, 0.25) is 0 Å². The van der Waals surface area contributed by atoms with Crippen molar-refractivity contribution in [1.82, 2.24) is 10.2 Å². The number of rotatable bonds is 9. The van der Waals surface area contributed by atoms with Gasteiger partial charge in [0.25, 0.3) is 0 Å². The molecule has 0 aliphatic heterocycles. The van der Waals surface area contributed by atoms with Crippen LogP contribution < -0.4 is 5.32 Å². The first kappa shape index (κ1) is 15.9. The van der Waals surface area contributed by atoms with Crippen molar-refractivity contribution >= 4 is 11.9 Å². The second kappa shape index (κ2) is 8.98. The van der Waals surface area contributed by atoms with Crippen LogP contribution in [0.3, 0.4) is 0 Å². The average Bonchev–Trinajstić information content (AvgIpc) is 2.27. The van der Waals surface area contributed by atoms with Crippen molar-refractivity contribution < 1.29 is 14.7 Å². The Labute approximate surface area is 103 Å². The van der Waals surface area contributed by atoms with Crippen LogP contribution in [0.25, 0.3) is 0 Å². The van der Waals surface area contributed by atoms with Crippen LogP contribution in [-0.2, 0) is 9.59 Å². The van der Waals surface area contributed by atoms with Gasteiger partial charge in [0.1, 0.15) is 0 Å².